The second-order valence-corrected chi connectivity index (χ2v) is 8.63. The van der Waals surface area contributed by atoms with E-state index in [1.807, 2.05) is 68.4 Å². The predicted molar refractivity (Wildman–Crippen MR) is 133 cm³/mol. The minimum atomic E-state index is -0.847. The van der Waals surface area contributed by atoms with E-state index in [0.717, 1.165) is 21.9 Å². The van der Waals surface area contributed by atoms with Crippen molar-refractivity contribution in [1.82, 2.24) is 0 Å². The lowest BCUT2D eigenvalue weighted by Gasteiger charge is -2.26. The maximum atomic E-state index is 13.4. The number of hydrogen-bond acceptors (Lipinski definition) is 4. The van der Waals surface area contributed by atoms with Gasteiger partial charge in [-0.15, -0.1) is 0 Å². The summed E-state index contributed by atoms with van der Waals surface area (Å²) in [7, 11) is 0. The fraction of sp³-hybridized carbons (Fsp3) is 0.103. The van der Waals surface area contributed by atoms with E-state index in [1.54, 1.807) is 18.2 Å². The van der Waals surface area contributed by atoms with E-state index < -0.39 is 17.7 Å². The van der Waals surface area contributed by atoms with Crippen LogP contribution in [0.3, 0.4) is 0 Å². The van der Waals surface area contributed by atoms with Crippen molar-refractivity contribution >= 4 is 33.9 Å². The Balaban J connectivity index is 1.79. The minimum Gasteiger partial charge on any atom is -0.508 e. The lowest BCUT2D eigenvalue weighted by atomic mass is 9.93. The largest absolute Gasteiger partial charge is 0.508 e. The third-order valence-electron chi connectivity index (χ3n) is 6.18. The number of benzene rings is 4. The molecule has 5 nitrogen and oxygen atoms in total. The van der Waals surface area contributed by atoms with Crippen LogP contribution < -0.4 is 4.90 Å². The van der Waals surface area contributed by atoms with Crippen molar-refractivity contribution in [2.75, 3.05) is 4.90 Å². The van der Waals surface area contributed by atoms with Gasteiger partial charge in [-0.25, -0.2) is 0 Å². The van der Waals surface area contributed by atoms with E-state index in [2.05, 4.69) is 0 Å². The van der Waals surface area contributed by atoms with Crippen molar-refractivity contribution in [2.24, 2.45) is 0 Å². The van der Waals surface area contributed by atoms with Gasteiger partial charge in [0.05, 0.1) is 11.6 Å². The van der Waals surface area contributed by atoms with Crippen LogP contribution in [0.15, 0.2) is 90.5 Å². The molecule has 1 atom stereocenters. The number of carbonyl (C=O) groups excluding carboxylic acids is 2. The van der Waals surface area contributed by atoms with Crippen LogP contribution >= 0.6 is 0 Å². The lowest BCUT2D eigenvalue weighted by Crippen LogP contribution is -2.29. The number of aromatic hydroxyl groups is 1. The van der Waals surface area contributed by atoms with Gasteiger partial charge in [0.25, 0.3) is 11.7 Å². The van der Waals surface area contributed by atoms with Gasteiger partial charge in [0.15, 0.2) is 0 Å². The van der Waals surface area contributed by atoms with E-state index in [1.165, 1.54) is 17.0 Å². The van der Waals surface area contributed by atoms with Gasteiger partial charge in [-0.1, -0.05) is 60.7 Å². The van der Waals surface area contributed by atoms with Crippen molar-refractivity contribution in [3.8, 4) is 5.75 Å². The highest BCUT2D eigenvalue weighted by Crippen LogP contribution is 2.43. The molecule has 1 unspecified atom stereocenters. The van der Waals surface area contributed by atoms with Crippen molar-refractivity contribution in [3.05, 3.63) is 113 Å². The fourth-order valence-electron chi connectivity index (χ4n) is 4.74. The van der Waals surface area contributed by atoms with E-state index in [9.17, 15) is 19.8 Å². The Morgan fingerprint density at radius 2 is 1.47 bits per heavy atom. The summed E-state index contributed by atoms with van der Waals surface area (Å²) in [6.45, 7) is 3.86. The average molecular weight is 450 g/mol. The molecule has 0 aliphatic carbocycles. The molecule has 0 saturated carbocycles. The van der Waals surface area contributed by atoms with E-state index in [0.29, 0.717) is 16.8 Å². The van der Waals surface area contributed by atoms with Crippen LogP contribution in [0.2, 0.25) is 0 Å². The SMILES string of the molecule is Cc1cc(C)cc(N2C(=O)C(=O)/C(=C(\O)c3cccc4ccccc34)C2c2ccc(O)cc2)c1. The van der Waals surface area contributed by atoms with Gasteiger partial charge in [0.1, 0.15) is 11.5 Å². The summed E-state index contributed by atoms with van der Waals surface area (Å²) in [6, 6.07) is 24.3. The average Bonchev–Trinajstić information content (AvgIpc) is 3.08. The number of aliphatic hydroxyl groups is 1. The minimum absolute atomic E-state index is 0.0196. The first-order chi connectivity index (χ1) is 16.3. The van der Waals surface area contributed by atoms with Gasteiger partial charge in [-0.3, -0.25) is 14.5 Å². The van der Waals surface area contributed by atoms with Crippen LogP contribution in [0.1, 0.15) is 28.3 Å². The lowest BCUT2D eigenvalue weighted by molar-refractivity contribution is -0.132. The molecule has 1 fully saturated rings. The predicted octanol–water partition coefficient (Wildman–Crippen LogP) is 5.79. The van der Waals surface area contributed by atoms with Crippen molar-refractivity contribution < 1.29 is 19.8 Å². The first-order valence-electron chi connectivity index (χ1n) is 11.0. The number of Topliss-reactive ketones (excluding diaryl/α,β-unsaturated/α-hetero) is 1. The molecule has 2 N–H and O–H groups in total. The highest BCUT2D eigenvalue weighted by molar-refractivity contribution is 6.51. The van der Waals surface area contributed by atoms with Gasteiger partial charge in [0, 0.05) is 11.3 Å². The summed E-state index contributed by atoms with van der Waals surface area (Å²) in [5.74, 6) is -1.60. The van der Waals surface area contributed by atoms with Crippen LogP contribution in [0, 0.1) is 13.8 Å². The van der Waals surface area contributed by atoms with Crippen LogP contribution in [0.4, 0.5) is 5.69 Å². The zero-order valence-electron chi connectivity index (χ0n) is 18.8. The third-order valence-corrected chi connectivity index (χ3v) is 6.18. The smallest absolute Gasteiger partial charge is 0.300 e. The van der Waals surface area contributed by atoms with Crippen LogP contribution in [0.5, 0.6) is 5.75 Å². The van der Waals surface area contributed by atoms with Crippen molar-refractivity contribution in [3.63, 3.8) is 0 Å². The van der Waals surface area contributed by atoms with Gasteiger partial charge >= 0.3 is 0 Å². The summed E-state index contributed by atoms with van der Waals surface area (Å²) in [5.41, 5.74) is 3.60. The molecule has 5 heteroatoms. The Morgan fingerprint density at radius 3 is 2.18 bits per heavy atom. The summed E-state index contributed by atoms with van der Waals surface area (Å²) < 4.78 is 0. The topological polar surface area (TPSA) is 77.8 Å². The maximum absolute atomic E-state index is 13.4. The summed E-state index contributed by atoms with van der Waals surface area (Å²) >= 11 is 0. The number of amides is 1. The maximum Gasteiger partial charge on any atom is 0.300 e. The van der Waals surface area contributed by atoms with Gasteiger partial charge in [-0.05, 0) is 65.6 Å². The standard InChI is InChI=1S/C29H23NO4/c1-17-14-18(2)16-21(15-17)30-26(20-10-12-22(31)13-11-20)25(28(33)29(30)34)27(32)24-9-5-7-19-6-3-4-8-23(19)24/h3-16,26,31-32H,1-2H3/b27-25-. The van der Waals surface area contributed by atoms with Crippen LogP contribution in [-0.4, -0.2) is 21.9 Å². The number of aliphatic hydroxyl groups excluding tert-OH is 1. The number of nitrogens with zero attached hydrogens (tertiary/aromatic N) is 1. The molecular formula is C29H23NO4. The number of aryl methyl sites for hydroxylation is 2. The Morgan fingerprint density at radius 1 is 0.824 bits per heavy atom. The number of ketones is 1. The summed E-state index contributed by atoms with van der Waals surface area (Å²) in [6.07, 6.45) is 0. The summed E-state index contributed by atoms with van der Waals surface area (Å²) in [5, 5.41) is 23.0. The van der Waals surface area contributed by atoms with E-state index in [-0.39, 0.29) is 17.1 Å². The number of carbonyl (C=O) groups is 2. The Hall–Kier alpha value is -4.38. The van der Waals surface area contributed by atoms with Gasteiger partial charge < -0.3 is 10.2 Å². The molecule has 1 aliphatic rings. The number of hydrogen-bond donors (Lipinski definition) is 2. The van der Waals surface area contributed by atoms with Crippen molar-refractivity contribution in [1.29, 1.82) is 0 Å². The molecule has 4 aromatic rings. The molecule has 34 heavy (non-hydrogen) atoms. The molecule has 0 bridgehead atoms. The molecule has 0 spiro atoms. The molecular weight excluding hydrogens is 426 g/mol. The quantitative estimate of drug-likeness (QED) is 0.236. The molecule has 0 aromatic heterocycles. The summed E-state index contributed by atoms with van der Waals surface area (Å²) in [4.78, 5) is 28.2. The first-order valence-corrected chi connectivity index (χ1v) is 11.0. The highest BCUT2D eigenvalue weighted by Gasteiger charge is 2.47. The second-order valence-electron chi connectivity index (χ2n) is 8.63. The van der Waals surface area contributed by atoms with Crippen LogP contribution in [-0.2, 0) is 9.59 Å². The second kappa shape index (κ2) is 8.19. The highest BCUT2D eigenvalue weighted by atomic mass is 16.3. The van der Waals surface area contributed by atoms with E-state index in [4.69, 9.17) is 0 Å². The number of phenolic OH excluding ortho intramolecular Hbond substituents is 1. The zero-order chi connectivity index (χ0) is 24.0. The molecule has 1 saturated heterocycles. The number of rotatable bonds is 3. The Bertz CT molecular complexity index is 1460. The molecule has 168 valence electrons. The molecule has 5 rings (SSSR count). The number of anilines is 1. The Kier molecular flexibility index (Phi) is 5.17. The van der Waals surface area contributed by atoms with Crippen LogP contribution in [0.25, 0.3) is 16.5 Å². The molecule has 4 aromatic carbocycles. The van der Waals surface area contributed by atoms with Gasteiger partial charge in [0.2, 0.25) is 0 Å². The molecule has 0 radical (unpaired) electrons. The normalized spacial score (nSPS) is 17.5. The number of phenols is 1. The number of fused-ring (bicyclic) bond motifs is 1. The first kappa shape index (κ1) is 21.5. The fourth-order valence-corrected chi connectivity index (χ4v) is 4.74. The zero-order valence-corrected chi connectivity index (χ0v) is 18.8. The molecule has 1 heterocycles. The molecule has 1 aliphatic heterocycles. The van der Waals surface area contributed by atoms with Gasteiger partial charge in [-0.2, -0.15) is 0 Å². The molecule has 1 amide bonds. The monoisotopic (exact) mass is 449 g/mol. The van der Waals surface area contributed by atoms with E-state index >= 15 is 0 Å². The third kappa shape index (κ3) is 3.52. The Labute approximate surface area is 197 Å². The van der Waals surface area contributed by atoms with Crippen molar-refractivity contribution in [2.45, 2.75) is 19.9 Å².